The average Bonchev–Trinajstić information content (AvgIpc) is 2.47. The zero-order valence-corrected chi connectivity index (χ0v) is 12.3. The minimum absolute atomic E-state index is 0.0693. The maximum absolute atomic E-state index is 12.3. The van der Waals surface area contributed by atoms with Crippen LogP contribution in [0.3, 0.4) is 0 Å². The van der Waals surface area contributed by atoms with Gasteiger partial charge in [-0.1, -0.05) is 44.2 Å². The predicted molar refractivity (Wildman–Crippen MR) is 82.5 cm³/mol. The number of aromatic nitrogens is 2. The van der Waals surface area contributed by atoms with Crippen LogP contribution in [0, 0.1) is 5.92 Å². The number of hydrogen-bond donors (Lipinski definition) is 2. The molecule has 0 aliphatic heterocycles. The molecule has 1 amide bonds. The van der Waals surface area contributed by atoms with Crippen LogP contribution in [0.15, 0.2) is 42.7 Å². The molecule has 0 aliphatic carbocycles. The topological polar surface area (TPSA) is 80.9 Å². The third-order valence-electron chi connectivity index (χ3n) is 3.16. The molecule has 110 valence electrons. The lowest BCUT2D eigenvalue weighted by Gasteiger charge is -2.21. The van der Waals surface area contributed by atoms with Crippen molar-refractivity contribution in [3.8, 4) is 0 Å². The van der Waals surface area contributed by atoms with E-state index in [9.17, 15) is 4.79 Å². The van der Waals surface area contributed by atoms with Gasteiger partial charge in [0, 0.05) is 12.4 Å². The number of carbonyl (C=O) groups excluding carboxylic acids is 1. The maximum Gasteiger partial charge on any atom is 0.274 e. The van der Waals surface area contributed by atoms with Gasteiger partial charge in [-0.05, 0) is 17.9 Å². The van der Waals surface area contributed by atoms with Crippen molar-refractivity contribution in [2.24, 2.45) is 5.92 Å². The van der Waals surface area contributed by atoms with E-state index in [1.807, 2.05) is 30.3 Å². The second-order valence-electron chi connectivity index (χ2n) is 5.36. The molecule has 2 aromatic rings. The first kappa shape index (κ1) is 15.0. The highest BCUT2D eigenvalue weighted by atomic mass is 16.2. The number of carbonyl (C=O) groups is 1. The number of rotatable bonds is 5. The molecule has 0 radical (unpaired) electrons. The molecule has 0 bridgehead atoms. The summed E-state index contributed by atoms with van der Waals surface area (Å²) in [6, 6.07) is 9.83. The lowest BCUT2D eigenvalue weighted by atomic mass is 9.97. The lowest BCUT2D eigenvalue weighted by Crippen LogP contribution is -2.31. The summed E-state index contributed by atoms with van der Waals surface area (Å²) in [6.07, 6.45) is 3.77. The molecule has 0 saturated heterocycles. The largest absolute Gasteiger partial charge is 0.382 e. The molecule has 0 aliphatic rings. The summed E-state index contributed by atoms with van der Waals surface area (Å²) in [5.41, 5.74) is 6.94. The van der Waals surface area contributed by atoms with Gasteiger partial charge < -0.3 is 11.1 Å². The van der Waals surface area contributed by atoms with Crippen molar-refractivity contribution in [1.29, 1.82) is 0 Å². The summed E-state index contributed by atoms with van der Waals surface area (Å²) in [6.45, 7) is 4.25. The van der Waals surface area contributed by atoms with E-state index in [1.54, 1.807) is 0 Å². The van der Waals surface area contributed by atoms with Crippen LogP contribution in [-0.2, 0) is 0 Å². The van der Waals surface area contributed by atoms with E-state index in [-0.39, 0.29) is 23.5 Å². The molecule has 1 aromatic heterocycles. The Kier molecular flexibility index (Phi) is 4.87. The van der Waals surface area contributed by atoms with Gasteiger partial charge in [-0.3, -0.25) is 4.79 Å². The number of benzene rings is 1. The van der Waals surface area contributed by atoms with Crippen LogP contribution in [0.5, 0.6) is 0 Å². The van der Waals surface area contributed by atoms with Gasteiger partial charge in [-0.25, -0.2) is 9.97 Å². The normalized spacial score (nSPS) is 12.1. The van der Waals surface area contributed by atoms with Crippen molar-refractivity contribution in [2.75, 3.05) is 5.73 Å². The second kappa shape index (κ2) is 6.83. The summed E-state index contributed by atoms with van der Waals surface area (Å²) in [5.74, 6) is 0.302. The smallest absolute Gasteiger partial charge is 0.274 e. The lowest BCUT2D eigenvalue weighted by molar-refractivity contribution is 0.0927. The van der Waals surface area contributed by atoms with Gasteiger partial charge in [0.1, 0.15) is 0 Å². The van der Waals surface area contributed by atoms with Gasteiger partial charge in [0.2, 0.25) is 0 Å². The SMILES string of the molecule is CC(C)CC(NC(=O)c1nccnc1N)c1ccccc1. The van der Waals surface area contributed by atoms with Crippen molar-refractivity contribution in [1.82, 2.24) is 15.3 Å². The number of nitrogens with two attached hydrogens (primary N) is 1. The van der Waals surface area contributed by atoms with Gasteiger partial charge in [0.05, 0.1) is 6.04 Å². The maximum atomic E-state index is 12.3. The Labute approximate surface area is 124 Å². The first-order chi connectivity index (χ1) is 10.1. The Morgan fingerprint density at radius 1 is 1.19 bits per heavy atom. The highest BCUT2D eigenvalue weighted by molar-refractivity contribution is 5.96. The highest BCUT2D eigenvalue weighted by Gasteiger charge is 2.19. The molecule has 1 atom stereocenters. The summed E-state index contributed by atoms with van der Waals surface area (Å²) >= 11 is 0. The van der Waals surface area contributed by atoms with Crippen LogP contribution >= 0.6 is 0 Å². The minimum Gasteiger partial charge on any atom is -0.382 e. The molecular weight excluding hydrogens is 264 g/mol. The standard InChI is InChI=1S/C16H20N4O/c1-11(2)10-13(12-6-4-3-5-7-12)20-16(21)14-15(17)19-9-8-18-14/h3-9,11,13H,10H2,1-2H3,(H2,17,19)(H,20,21). The van der Waals surface area contributed by atoms with Gasteiger partial charge >= 0.3 is 0 Å². The predicted octanol–water partition coefficient (Wildman–Crippen LogP) is 2.58. The minimum atomic E-state index is -0.296. The van der Waals surface area contributed by atoms with Crippen LogP contribution in [0.4, 0.5) is 5.82 Å². The Hall–Kier alpha value is -2.43. The molecule has 2 rings (SSSR count). The number of nitrogens with one attached hydrogen (secondary N) is 1. The molecule has 21 heavy (non-hydrogen) atoms. The molecule has 1 heterocycles. The molecular formula is C16H20N4O. The van der Waals surface area contributed by atoms with Crippen LogP contribution in [0.1, 0.15) is 42.4 Å². The summed E-state index contributed by atoms with van der Waals surface area (Å²) in [5, 5.41) is 3.00. The van der Waals surface area contributed by atoms with Crippen LogP contribution in [-0.4, -0.2) is 15.9 Å². The highest BCUT2D eigenvalue weighted by Crippen LogP contribution is 2.21. The third kappa shape index (κ3) is 4.02. The van der Waals surface area contributed by atoms with E-state index in [0.29, 0.717) is 5.92 Å². The number of hydrogen-bond acceptors (Lipinski definition) is 4. The zero-order chi connectivity index (χ0) is 15.2. The Balaban J connectivity index is 2.19. The second-order valence-corrected chi connectivity index (χ2v) is 5.36. The van der Waals surface area contributed by atoms with E-state index in [1.165, 1.54) is 12.4 Å². The molecule has 0 fully saturated rings. The van der Waals surface area contributed by atoms with Crippen molar-refractivity contribution in [3.05, 3.63) is 54.0 Å². The van der Waals surface area contributed by atoms with E-state index >= 15 is 0 Å². The molecule has 1 aromatic carbocycles. The van der Waals surface area contributed by atoms with E-state index in [0.717, 1.165) is 12.0 Å². The van der Waals surface area contributed by atoms with Crippen molar-refractivity contribution < 1.29 is 4.79 Å². The number of amides is 1. The average molecular weight is 284 g/mol. The number of anilines is 1. The molecule has 0 saturated carbocycles. The van der Waals surface area contributed by atoms with E-state index < -0.39 is 0 Å². The number of nitrogens with zero attached hydrogens (tertiary/aromatic N) is 2. The molecule has 5 heteroatoms. The van der Waals surface area contributed by atoms with Gasteiger partial charge in [0.25, 0.3) is 5.91 Å². The van der Waals surface area contributed by atoms with E-state index in [4.69, 9.17) is 5.73 Å². The van der Waals surface area contributed by atoms with Crippen LogP contribution in [0.25, 0.3) is 0 Å². The molecule has 5 nitrogen and oxygen atoms in total. The molecule has 3 N–H and O–H groups in total. The Morgan fingerprint density at radius 3 is 2.48 bits per heavy atom. The van der Waals surface area contributed by atoms with Gasteiger partial charge in [0.15, 0.2) is 11.5 Å². The van der Waals surface area contributed by atoms with Gasteiger partial charge in [-0.2, -0.15) is 0 Å². The quantitative estimate of drug-likeness (QED) is 0.884. The first-order valence-corrected chi connectivity index (χ1v) is 7.00. The first-order valence-electron chi connectivity index (χ1n) is 7.00. The van der Waals surface area contributed by atoms with Crippen molar-refractivity contribution >= 4 is 11.7 Å². The summed E-state index contributed by atoms with van der Waals surface area (Å²) in [4.78, 5) is 20.2. The fraction of sp³-hybridized carbons (Fsp3) is 0.312. The Bertz CT molecular complexity index is 598. The summed E-state index contributed by atoms with van der Waals surface area (Å²) in [7, 11) is 0. The van der Waals surface area contributed by atoms with Crippen molar-refractivity contribution in [3.63, 3.8) is 0 Å². The van der Waals surface area contributed by atoms with Crippen LogP contribution < -0.4 is 11.1 Å². The molecule has 1 unspecified atom stereocenters. The fourth-order valence-electron chi connectivity index (χ4n) is 2.19. The zero-order valence-electron chi connectivity index (χ0n) is 12.3. The van der Waals surface area contributed by atoms with Crippen LogP contribution in [0.2, 0.25) is 0 Å². The molecule has 0 spiro atoms. The third-order valence-corrected chi connectivity index (χ3v) is 3.16. The van der Waals surface area contributed by atoms with Crippen molar-refractivity contribution in [2.45, 2.75) is 26.3 Å². The van der Waals surface area contributed by atoms with E-state index in [2.05, 4.69) is 29.1 Å². The number of nitrogen functional groups attached to an aromatic ring is 1. The van der Waals surface area contributed by atoms with Gasteiger partial charge in [-0.15, -0.1) is 0 Å². The monoisotopic (exact) mass is 284 g/mol. The Morgan fingerprint density at radius 2 is 1.86 bits per heavy atom. The summed E-state index contributed by atoms with van der Waals surface area (Å²) < 4.78 is 0. The fourth-order valence-corrected chi connectivity index (χ4v) is 2.19.